The van der Waals surface area contributed by atoms with Crippen LogP contribution in [0.25, 0.3) is 0 Å². The minimum atomic E-state index is -0.577. The second kappa shape index (κ2) is 11.6. The van der Waals surface area contributed by atoms with Crippen molar-refractivity contribution in [1.29, 1.82) is 0 Å². The highest BCUT2D eigenvalue weighted by molar-refractivity contribution is 5.94. The number of carbonyl (C=O) groups is 2. The molecule has 7 heteroatoms. The number of aliphatic hydroxyl groups excluding tert-OH is 1. The van der Waals surface area contributed by atoms with E-state index in [1.165, 1.54) is 18.3 Å². The number of hydrogen-bond acceptors (Lipinski definition) is 6. The summed E-state index contributed by atoms with van der Waals surface area (Å²) >= 11 is 0. The van der Waals surface area contributed by atoms with Gasteiger partial charge in [0.2, 0.25) is 5.91 Å². The predicted octanol–water partition coefficient (Wildman–Crippen LogP) is 3.31. The fourth-order valence-electron chi connectivity index (χ4n) is 4.07. The first-order valence-electron chi connectivity index (χ1n) is 11.1. The van der Waals surface area contributed by atoms with Crippen LogP contribution in [0.1, 0.15) is 54.9 Å². The summed E-state index contributed by atoms with van der Waals surface area (Å²) in [6.45, 7) is 2.01. The summed E-state index contributed by atoms with van der Waals surface area (Å²) in [4.78, 5) is 24.7. The Morgan fingerprint density at radius 3 is 2.81 bits per heavy atom. The van der Waals surface area contributed by atoms with E-state index in [0.717, 1.165) is 6.42 Å². The second-order valence-electron chi connectivity index (χ2n) is 8.13. The molecule has 3 rings (SSSR count). The number of aromatic hydroxyl groups is 1. The van der Waals surface area contributed by atoms with Crippen molar-refractivity contribution >= 4 is 11.9 Å². The fourth-order valence-corrected chi connectivity index (χ4v) is 4.07. The number of cyclic esters (lactones) is 1. The van der Waals surface area contributed by atoms with Gasteiger partial charge in [0, 0.05) is 25.1 Å². The lowest BCUT2D eigenvalue weighted by molar-refractivity contribution is -0.115. The smallest absolute Gasteiger partial charge is 0.342 e. The average Bonchev–Trinajstić information content (AvgIpc) is 2.73. The molecule has 0 spiro atoms. The van der Waals surface area contributed by atoms with E-state index in [1.807, 2.05) is 19.1 Å². The van der Waals surface area contributed by atoms with Crippen LogP contribution in [0.2, 0.25) is 0 Å². The van der Waals surface area contributed by atoms with Gasteiger partial charge in [0.05, 0.1) is 18.3 Å². The molecular weight excluding hydrogens is 410 g/mol. The molecule has 2 aliphatic heterocycles. The molecule has 1 fully saturated rings. The third-order valence-electron chi connectivity index (χ3n) is 5.51. The summed E-state index contributed by atoms with van der Waals surface area (Å²) in [5, 5.41) is 23.2. The minimum Gasteiger partial charge on any atom is -0.507 e. The van der Waals surface area contributed by atoms with E-state index < -0.39 is 18.2 Å². The summed E-state index contributed by atoms with van der Waals surface area (Å²) in [6.07, 6.45) is 11.7. The molecule has 1 amide bonds. The molecule has 4 atom stereocenters. The Morgan fingerprint density at radius 2 is 2.00 bits per heavy atom. The summed E-state index contributed by atoms with van der Waals surface area (Å²) in [6, 6.07) is 4.91. The molecule has 172 valence electrons. The van der Waals surface area contributed by atoms with Crippen molar-refractivity contribution in [2.45, 2.75) is 69.9 Å². The number of nitrogens with one attached hydrogen (secondary N) is 1. The molecule has 0 radical (unpaired) electrons. The lowest BCUT2D eigenvalue weighted by atomic mass is 9.91. The summed E-state index contributed by atoms with van der Waals surface area (Å²) in [7, 11) is 0. The molecule has 0 aromatic heterocycles. The molecule has 2 unspecified atom stereocenters. The Morgan fingerprint density at radius 1 is 1.19 bits per heavy atom. The zero-order valence-electron chi connectivity index (χ0n) is 18.3. The highest BCUT2D eigenvalue weighted by Crippen LogP contribution is 2.32. The van der Waals surface area contributed by atoms with Gasteiger partial charge in [0.15, 0.2) is 0 Å². The number of amides is 1. The number of rotatable bonds is 6. The first-order valence-corrected chi connectivity index (χ1v) is 11.1. The van der Waals surface area contributed by atoms with Crippen molar-refractivity contribution in [3.8, 4) is 5.75 Å². The number of ether oxygens (including phenoxy) is 2. The Bertz CT molecular complexity index is 890. The molecule has 7 nitrogen and oxygen atoms in total. The number of hydrogen-bond donors (Lipinski definition) is 3. The number of phenolic OH excluding ortho intramolecular Hbond substituents is 1. The van der Waals surface area contributed by atoms with Gasteiger partial charge in [-0.2, -0.15) is 0 Å². The van der Waals surface area contributed by atoms with Gasteiger partial charge in [-0.15, -0.1) is 0 Å². The number of fused-ring (bicyclic) bond motifs is 3. The summed E-state index contributed by atoms with van der Waals surface area (Å²) in [5.41, 5.74) is 0.780. The lowest BCUT2D eigenvalue weighted by Gasteiger charge is -2.36. The van der Waals surface area contributed by atoms with Crippen LogP contribution in [0.3, 0.4) is 0 Å². The first-order chi connectivity index (χ1) is 15.5. The van der Waals surface area contributed by atoms with E-state index in [9.17, 15) is 19.8 Å². The molecule has 2 aliphatic rings. The number of benzene rings is 1. The van der Waals surface area contributed by atoms with Crippen LogP contribution in [0.15, 0.2) is 54.8 Å². The van der Waals surface area contributed by atoms with Gasteiger partial charge in [0.25, 0.3) is 0 Å². The topological polar surface area (TPSA) is 105 Å². The number of carbonyl (C=O) groups excluding carboxylic acids is 2. The van der Waals surface area contributed by atoms with Crippen molar-refractivity contribution in [2.24, 2.45) is 0 Å². The van der Waals surface area contributed by atoms with Crippen molar-refractivity contribution in [3.63, 3.8) is 0 Å². The second-order valence-corrected chi connectivity index (χ2v) is 8.13. The molecule has 3 N–H and O–H groups in total. The quantitative estimate of drug-likeness (QED) is 0.355. The van der Waals surface area contributed by atoms with Crippen LogP contribution >= 0.6 is 0 Å². The molecule has 0 aliphatic carbocycles. The maximum absolute atomic E-state index is 12.9. The van der Waals surface area contributed by atoms with Crippen LogP contribution < -0.4 is 5.32 Å². The first kappa shape index (κ1) is 23.8. The van der Waals surface area contributed by atoms with Crippen LogP contribution in [0.4, 0.5) is 0 Å². The number of phenols is 1. The van der Waals surface area contributed by atoms with E-state index >= 15 is 0 Å². The Balaban J connectivity index is 1.70. The zero-order chi connectivity index (χ0) is 22.9. The zero-order valence-corrected chi connectivity index (χ0v) is 18.3. The van der Waals surface area contributed by atoms with E-state index in [1.54, 1.807) is 24.3 Å². The molecule has 2 heterocycles. The maximum atomic E-state index is 12.9. The summed E-state index contributed by atoms with van der Waals surface area (Å²) in [5.74, 6) is -0.969. The molecule has 2 bridgehead atoms. The monoisotopic (exact) mass is 441 g/mol. The third-order valence-corrected chi connectivity index (χ3v) is 5.51. The summed E-state index contributed by atoms with van der Waals surface area (Å²) < 4.78 is 11.9. The van der Waals surface area contributed by atoms with Crippen molar-refractivity contribution < 1.29 is 29.3 Å². The Kier molecular flexibility index (Phi) is 8.64. The van der Waals surface area contributed by atoms with Gasteiger partial charge in [0.1, 0.15) is 17.4 Å². The van der Waals surface area contributed by atoms with E-state index in [0.29, 0.717) is 37.7 Å². The van der Waals surface area contributed by atoms with Crippen LogP contribution in [0, 0.1) is 0 Å². The fraction of sp³-hybridized carbons (Fsp3) is 0.440. The molecule has 1 aromatic carbocycles. The van der Waals surface area contributed by atoms with Gasteiger partial charge >= 0.3 is 5.97 Å². The van der Waals surface area contributed by atoms with Crippen LogP contribution in [-0.4, -0.2) is 46.5 Å². The highest BCUT2D eigenvalue weighted by Gasteiger charge is 2.34. The Hall–Kier alpha value is -2.90. The van der Waals surface area contributed by atoms with Crippen molar-refractivity contribution in [3.05, 3.63) is 65.9 Å². The highest BCUT2D eigenvalue weighted by atomic mass is 16.5. The van der Waals surface area contributed by atoms with Crippen LogP contribution in [0.5, 0.6) is 5.75 Å². The third kappa shape index (κ3) is 6.80. The van der Waals surface area contributed by atoms with Crippen molar-refractivity contribution in [1.82, 2.24) is 5.32 Å². The molecule has 0 saturated carbocycles. The number of aliphatic hydroxyl groups is 1. The lowest BCUT2D eigenvalue weighted by Crippen LogP contribution is -2.40. The number of esters is 1. The molecular formula is C25H31NO6. The molecule has 1 aromatic rings. The van der Waals surface area contributed by atoms with Gasteiger partial charge in [-0.1, -0.05) is 43.4 Å². The van der Waals surface area contributed by atoms with Crippen LogP contribution in [-0.2, 0) is 20.7 Å². The standard InChI is InChI=1S/C25H31NO6/c1-2-3-4-5-11-23(29)26-12-7-9-19-16-21-15-18(27)14-20(31-21)13-17-8-6-10-22(28)24(17)25(30)32-19/h3-8,10-12,18-21,27-28H,2,9,13-16H2,1H3,(H,26,29)/b4-3-,11-5-,12-7+/t18-,19?,20+,21?/m1/s1. The average molecular weight is 442 g/mol. The van der Waals surface area contributed by atoms with E-state index in [4.69, 9.17) is 9.47 Å². The van der Waals surface area contributed by atoms with Crippen molar-refractivity contribution in [2.75, 3.05) is 0 Å². The van der Waals surface area contributed by atoms with Gasteiger partial charge in [-0.25, -0.2) is 4.79 Å². The van der Waals surface area contributed by atoms with Gasteiger partial charge in [-0.3, -0.25) is 4.79 Å². The minimum absolute atomic E-state index is 0.133. The molecule has 1 saturated heterocycles. The van der Waals surface area contributed by atoms with E-state index in [-0.39, 0.29) is 29.4 Å². The normalized spacial score (nSPS) is 26.2. The number of allylic oxidation sites excluding steroid dienone is 3. The largest absolute Gasteiger partial charge is 0.507 e. The Labute approximate surface area is 188 Å². The van der Waals surface area contributed by atoms with Gasteiger partial charge < -0.3 is 25.0 Å². The molecule has 32 heavy (non-hydrogen) atoms. The maximum Gasteiger partial charge on any atom is 0.342 e. The van der Waals surface area contributed by atoms with Gasteiger partial charge in [-0.05, 0) is 37.3 Å². The van der Waals surface area contributed by atoms with E-state index in [2.05, 4.69) is 5.32 Å². The SMILES string of the molecule is CC/C=C\C=C/C(=O)N/C=C/CC1CC2C[C@H](O)C[C@H](Cc3cccc(O)c3C(=O)O1)O2. The predicted molar refractivity (Wildman–Crippen MR) is 120 cm³/mol.